The molecular weight excluding hydrogens is 430 g/mol. The van der Waals surface area contributed by atoms with Crippen molar-refractivity contribution in [1.29, 1.82) is 0 Å². The lowest BCUT2D eigenvalue weighted by atomic mass is 10.1. The number of esters is 1. The minimum Gasteiger partial charge on any atom is -0.492 e. The zero-order valence-electron chi connectivity index (χ0n) is 16.0. The number of amides is 1. The third kappa shape index (κ3) is 5.81. The first-order valence-electron chi connectivity index (χ1n) is 8.79. The van der Waals surface area contributed by atoms with Crippen molar-refractivity contribution < 1.29 is 19.1 Å². The van der Waals surface area contributed by atoms with Gasteiger partial charge >= 0.3 is 5.97 Å². The molecule has 0 spiro atoms. The van der Waals surface area contributed by atoms with Gasteiger partial charge in [-0.1, -0.05) is 6.07 Å². The Kier molecular flexibility index (Phi) is 7.86. The van der Waals surface area contributed by atoms with Crippen LogP contribution in [-0.4, -0.2) is 25.1 Å². The number of carbonyl (C=O) groups excluding carboxylic acids is 2. The molecule has 5 nitrogen and oxygen atoms in total. The van der Waals surface area contributed by atoms with E-state index in [2.05, 4.69) is 21.2 Å². The van der Waals surface area contributed by atoms with Gasteiger partial charge in [-0.15, -0.1) is 11.3 Å². The van der Waals surface area contributed by atoms with Crippen LogP contribution in [0.2, 0.25) is 0 Å². The summed E-state index contributed by atoms with van der Waals surface area (Å²) in [5.74, 6) is 0.214. The van der Waals surface area contributed by atoms with Crippen LogP contribution in [0.4, 0.5) is 5.00 Å². The number of halogens is 1. The van der Waals surface area contributed by atoms with Crippen LogP contribution in [0.15, 0.2) is 22.7 Å². The summed E-state index contributed by atoms with van der Waals surface area (Å²) in [5.41, 5.74) is 2.45. The Bertz CT molecular complexity index is 832. The van der Waals surface area contributed by atoms with E-state index < -0.39 is 5.97 Å². The van der Waals surface area contributed by atoms with Gasteiger partial charge in [0.25, 0.3) is 0 Å². The molecule has 1 aromatic heterocycles. The Morgan fingerprint density at radius 2 is 1.96 bits per heavy atom. The van der Waals surface area contributed by atoms with Gasteiger partial charge in [0.2, 0.25) is 5.91 Å². The minimum atomic E-state index is -0.401. The highest BCUT2D eigenvalue weighted by atomic mass is 79.9. The minimum absolute atomic E-state index is 0.145. The normalized spacial score (nSPS) is 10.6. The fourth-order valence-electron chi connectivity index (χ4n) is 2.49. The summed E-state index contributed by atoms with van der Waals surface area (Å²) in [6.45, 7) is 8.29. The number of aryl methyl sites for hydroxylation is 2. The maximum atomic E-state index is 12.3. The second-order valence-electron chi connectivity index (χ2n) is 6.14. The average molecular weight is 454 g/mol. The summed E-state index contributed by atoms with van der Waals surface area (Å²) < 4.78 is 11.7. The largest absolute Gasteiger partial charge is 0.492 e. The van der Waals surface area contributed by atoms with Crippen LogP contribution < -0.4 is 10.1 Å². The number of hydrogen-bond acceptors (Lipinski definition) is 5. The summed E-state index contributed by atoms with van der Waals surface area (Å²) in [7, 11) is 0. The van der Waals surface area contributed by atoms with Gasteiger partial charge in [0.05, 0.1) is 23.2 Å². The molecule has 27 heavy (non-hydrogen) atoms. The molecule has 1 aromatic carbocycles. The Morgan fingerprint density at radius 1 is 1.22 bits per heavy atom. The van der Waals surface area contributed by atoms with Crippen LogP contribution in [0.5, 0.6) is 5.75 Å². The Morgan fingerprint density at radius 3 is 2.63 bits per heavy atom. The molecule has 1 heterocycles. The summed E-state index contributed by atoms with van der Waals surface area (Å²) in [6.07, 6.45) is 0.881. The number of rotatable bonds is 8. The molecule has 0 aliphatic rings. The topological polar surface area (TPSA) is 64.6 Å². The van der Waals surface area contributed by atoms with Gasteiger partial charge in [0.1, 0.15) is 10.8 Å². The molecule has 0 atom stereocenters. The summed E-state index contributed by atoms with van der Waals surface area (Å²) in [6, 6.07) is 5.87. The first-order valence-corrected chi connectivity index (χ1v) is 10.4. The molecule has 0 radical (unpaired) electrons. The van der Waals surface area contributed by atoms with Gasteiger partial charge in [-0.05, 0) is 73.3 Å². The molecule has 0 unspecified atom stereocenters. The molecule has 7 heteroatoms. The van der Waals surface area contributed by atoms with Crippen molar-refractivity contribution in [3.05, 3.63) is 44.2 Å². The third-order valence-corrected chi connectivity index (χ3v) is 5.75. The first-order chi connectivity index (χ1) is 12.8. The molecule has 1 amide bonds. The van der Waals surface area contributed by atoms with Crippen molar-refractivity contribution in [3.8, 4) is 5.75 Å². The van der Waals surface area contributed by atoms with E-state index in [9.17, 15) is 9.59 Å². The van der Waals surface area contributed by atoms with E-state index in [1.54, 1.807) is 6.92 Å². The van der Waals surface area contributed by atoms with Crippen LogP contribution in [0.3, 0.4) is 0 Å². The maximum Gasteiger partial charge on any atom is 0.341 e. The monoisotopic (exact) mass is 453 g/mol. The van der Waals surface area contributed by atoms with Crippen molar-refractivity contribution in [1.82, 2.24) is 0 Å². The second kappa shape index (κ2) is 9.90. The average Bonchev–Trinajstić information content (AvgIpc) is 2.87. The first kappa shape index (κ1) is 21.4. The molecule has 2 rings (SSSR count). The Hall–Kier alpha value is -1.86. The molecule has 0 saturated carbocycles. The molecule has 0 bridgehead atoms. The van der Waals surface area contributed by atoms with E-state index in [0.29, 0.717) is 36.6 Å². The van der Waals surface area contributed by atoms with Crippen molar-refractivity contribution in [2.75, 3.05) is 18.5 Å². The van der Waals surface area contributed by atoms with Gasteiger partial charge in [-0.2, -0.15) is 0 Å². The standard InChI is InChI=1S/C20H24BrNO4S/c1-5-25-20(24)18-13(3)14(4)27-19(18)22-17(23)7-6-10-26-16-9-8-12(2)11-15(16)21/h8-9,11H,5-7,10H2,1-4H3,(H,22,23). The highest BCUT2D eigenvalue weighted by Gasteiger charge is 2.21. The molecule has 0 fully saturated rings. The maximum absolute atomic E-state index is 12.3. The molecule has 0 aliphatic heterocycles. The van der Waals surface area contributed by atoms with Crippen molar-refractivity contribution in [2.24, 2.45) is 0 Å². The highest BCUT2D eigenvalue weighted by Crippen LogP contribution is 2.33. The predicted molar refractivity (Wildman–Crippen MR) is 112 cm³/mol. The fraction of sp³-hybridized carbons (Fsp3) is 0.400. The van der Waals surface area contributed by atoms with E-state index in [-0.39, 0.29) is 5.91 Å². The zero-order chi connectivity index (χ0) is 20.0. The van der Waals surface area contributed by atoms with Gasteiger partial charge in [-0.3, -0.25) is 4.79 Å². The summed E-state index contributed by atoms with van der Waals surface area (Å²) in [4.78, 5) is 25.4. The number of benzene rings is 1. The fourth-order valence-corrected chi connectivity index (χ4v) is 4.16. The van der Waals surface area contributed by atoms with Crippen molar-refractivity contribution in [3.63, 3.8) is 0 Å². The summed E-state index contributed by atoms with van der Waals surface area (Å²) in [5, 5.41) is 3.39. The Labute approximate surface area is 172 Å². The second-order valence-corrected chi connectivity index (χ2v) is 8.22. The molecule has 146 valence electrons. The van der Waals surface area contributed by atoms with Crippen molar-refractivity contribution in [2.45, 2.75) is 40.5 Å². The van der Waals surface area contributed by atoms with Crippen LogP contribution >= 0.6 is 27.3 Å². The lowest BCUT2D eigenvalue weighted by Crippen LogP contribution is -2.15. The van der Waals surface area contributed by atoms with Gasteiger partial charge in [0, 0.05) is 11.3 Å². The predicted octanol–water partition coefficient (Wildman–Crippen LogP) is 5.41. The van der Waals surface area contributed by atoms with Crippen LogP contribution in [0.25, 0.3) is 0 Å². The van der Waals surface area contributed by atoms with E-state index in [4.69, 9.17) is 9.47 Å². The van der Waals surface area contributed by atoms with E-state index in [1.165, 1.54) is 11.3 Å². The number of carbonyl (C=O) groups is 2. The summed E-state index contributed by atoms with van der Waals surface area (Å²) >= 11 is 4.86. The number of nitrogens with one attached hydrogen (secondary N) is 1. The highest BCUT2D eigenvalue weighted by molar-refractivity contribution is 9.10. The Balaban J connectivity index is 1.89. The lowest BCUT2D eigenvalue weighted by Gasteiger charge is -2.09. The SMILES string of the molecule is CCOC(=O)c1c(NC(=O)CCCOc2ccc(C)cc2Br)sc(C)c1C. The number of thiophene rings is 1. The van der Waals surface area contributed by atoms with Gasteiger partial charge in [-0.25, -0.2) is 4.79 Å². The molecule has 0 aliphatic carbocycles. The number of ether oxygens (including phenoxy) is 2. The van der Waals surface area contributed by atoms with E-state index >= 15 is 0 Å². The third-order valence-electron chi connectivity index (χ3n) is 4.01. The van der Waals surface area contributed by atoms with Crippen LogP contribution in [-0.2, 0) is 9.53 Å². The van der Waals surface area contributed by atoms with Crippen LogP contribution in [0, 0.1) is 20.8 Å². The molecule has 1 N–H and O–H groups in total. The lowest BCUT2D eigenvalue weighted by molar-refractivity contribution is -0.116. The van der Waals surface area contributed by atoms with E-state index in [1.807, 2.05) is 39.0 Å². The zero-order valence-corrected chi connectivity index (χ0v) is 18.4. The molecule has 0 saturated heterocycles. The van der Waals surface area contributed by atoms with Gasteiger partial charge < -0.3 is 14.8 Å². The molecular formula is C20H24BrNO4S. The van der Waals surface area contributed by atoms with Crippen LogP contribution in [0.1, 0.15) is 46.1 Å². The smallest absolute Gasteiger partial charge is 0.341 e. The van der Waals surface area contributed by atoms with E-state index in [0.717, 1.165) is 26.2 Å². The molecule has 2 aromatic rings. The number of hydrogen-bond donors (Lipinski definition) is 1. The number of anilines is 1. The van der Waals surface area contributed by atoms with Gasteiger partial charge in [0.15, 0.2) is 0 Å². The quantitative estimate of drug-likeness (QED) is 0.428. The van der Waals surface area contributed by atoms with Crippen molar-refractivity contribution >= 4 is 44.1 Å².